The third kappa shape index (κ3) is 12.3. The van der Waals surface area contributed by atoms with Gasteiger partial charge in [-0.15, -0.1) is 0 Å². The molecule has 2 aromatic rings. The minimum atomic E-state index is -4.88. The first kappa shape index (κ1) is 49.6. The number of hydrogen-bond acceptors (Lipinski definition) is 13. The molecular formula is C39H52I2N2O13S3-4. The van der Waals surface area contributed by atoms with Gasteiger partial charge in [-0.1, -0.05) is 0 Å². The third-order valence-corrected chi connectivity index (χ3v) is 17.4. The van der Waals surface area contributed by atoms with E-state index in [-0.39, 0.29) is 24.2 Å². The number of ether oxygens (including phenoxy) is 1. The Morgan fingerprint density at radius 2 is 1.56 bits per heavy atom. The number of halogens is 2. The van der Waals surface area contributed by atoms with E-state index in [1.165, 1.54) is 24.3 Å². The Morgan fingerprint density at radius 3 is 2.15 bits per heavy atom. The van der Waals surface area contributed by atoms with Crippen molar-refractivity contribution in [3.8, 4) is 0 Å². The number of hydrogen-bond donors (Lipinski definition) is 1. The molecule has 4 rings (SSSR count). The summed E-state index contributed by atoms with van der Waals surface area (Å²) in [7, 11) is -12.7. The van der Waals surface area contributed by atoms with E-state index in [1.807, 2.05) is 50.9 Å². The Kier molecular flexibility index (Phi) is 16.8. The summed E-state index contributed by atoms with van der Waals surface area (Å²) in [5.41, 5.74) is 0.673. The molecule has 0 bridgehead atoms. The molecule has 0 fully saturated rings. The van der Waals surface area contributed by atoms with E-state index < -0.39 is 106 Å². The van der Waals surface area contributed by atoms with Gasteiger partial charge in [0.1, 0.15) is 0 Å². The van der Waals surface area contributed by atoms with Crippen LogP contribution >= 0.6 is 0 Å². The van der Waals surface area contributed by atoms with Gasteiger partial charge in [0.25, 0.3) is 0 Å². The summed E-state index contributed by atoms with van der Waals surface area (Å²) in [6.45, 7) is 9.11. The topological polar surface area (TPSA) is 234 Å². The van der Waals surface area contributed by atoms with Crippen LogP contribution in [0.3, 0.4) is 0 Å². The van der Waals surface area contributed by atoms with E-state index in [0.717, 1.165) is 9.28 Å². The van der Waals surface area contributed by atoms with Gasteiger partial charge in [-0.05, 0) is 0 Å². The van der Waals surface area contributed by atoms with E-state index in [1.54, 1.807) is 19.2 Å². The van der Waals surface area contributed by atoms with Crippen molar-refractivity contribution in [1.82, 2.24) is 0 Å². The van der Waals surface area contributed by atoms with E-state index in [0.29, 0.717) is 74.4 Å². The predicted molar refractivity (Wildman–Crippen MR) is 209 cm³/mol. The summed E-state index contributed by atoms with van der Waals surface area (Å²) in [4.78, 5) is 14.5. The monoisotopic (exact) mass is 1110 g/mol. The van der Waals surface area contributed by atoms with Crippen molar-refractivity contribution in [1.29, 1.82) is 0 Å². The van der Waals surface area contributed by atoms with Crippen molar-refractivity contribution in [2.45, 2.75) is 105 Å². The number of aliphatic carboxylic acids is 1. The zero-order valence-electron chi connectivity index (χ0n) is 33.9. The molecule has 0 spiro atoms. The van der Waals surface area contributed by atoms with Crippen molar-refractivity contribution >= 4 is 47.7 Å². The number of alkyl halides is 1. The molecule has 332 valence electrons. The first-order chi connectivity index (χ1) is 27.4. The maximum absolute atomic E-state index is 12.3. The van der Waals surface area contributed by atoms with E-state index in [9.17, 15) is 48.8 Å². The van der Waals surface area contributed by atoms with Crippen molar-refractivity contribution in [3.63, 3.8) is 0 Å². The van der Waals surface area contributed by atoms with Gasteiger partial charge in [-0.3, -0.25) is 0 Å². The number of unbranched alkanes of at least 4 members (excludes halogenated alkanes) is 2. The Bertz CT molecular complexity index is 2310. The molecule has 0 aliphatic carbocycles. The van der Waals surface area contributed by atoms with E-state index >= 15 is 0 Å². The van der Waals surface area contributed by atoms with Crippen LogP contribution in [0.25, 0.3) is 0 Å². The zero-order valence-corrected chi connectivity index (χ0v) is 40.7. The Labute approximate surface area is 370 Å². The first-order valence-corrected chi connectivity index (χ1v) is 28.3. The van der Waals surface area contributed by atoms with Crippen LogP contribution in [0.4, 0.5) is 5.69 Å². The van der Waals surface area contributed by atoms with Crippen LogP contribution in [-0.4, -0.2) is 102 Å². The quantitative estimate of drug-likeness (QED) is 0.0462. The molecule has 0 aromatic heterocycles. The molecule has 2 heterocycles. The summed E-state index contributed by atoms with van der Waals surface area (Å²) in [6, 6.07) is 8.64. The summed E-state index contributed by atoms with van der Waals surface area (Å²) in [5.74, 6) is -1.53. The summed E-state index contributed by atoms with van der Waals surface area (Å²) < 4.78 is 124. The molecule has 0 amide bonds. The van der Waals surface area contributed by atoms with Crippen LogP contribution in [0.15, 0.2) is 70.1 Å². The van der Waals surface area contributed by atoms with Crippen LogP contribution in [0.5, 0.6) is 0 Å². The third-order valence-electron chi connectivity index (χ3n) is 10.9. The number of benzene rings is 2. The molecule has 2 aliphatic rings. The number of carboxylic acids is 1. The molecule has 2 unspecified atom stereocenters. The van der Waals surface area contributed by atoms with Crippen molar-refractivity contribution in [2.24, 2.45) is 0 Å². The number of anilines is 1. The summed E-state index contributed by atoms with van der Waals surface area (Å²) >= 11 is -1.43. The van der Waals surface area contributed by atoms with Gasteiger partial charge in [0.05, 0.1) is 0 Å². The molecule has 20 heteroatoms. The van der Waals surface area contributed by atoms with Crippen LogP contribution < -0.4 is 48.0 Å². The predicted octanol–water partition coefficient (Wildman–Crippen LogP) is -1.56. The summed E-state index contributed by atoms with van der Waals surface area (Å²) in [6.07, 6.45) is 8.53. The second-order valence-electron chi connectivity index (χ2n) is 15.5. The van der Waals surface area contributed by atoms with Crippen LogP contribution in [-0.2, 0) is 53.8 Å². The normalized spacial score (nSPS) is 21.0. The standard InChI is InChI=1S/C39H55I2N2O13S3/c1-37(2,20-24-56-40-5)43-33-18-16-29(59(52,53)54)27-31(33)38(3,19-11-25-57(46,47)48)35(43)13-10-12-34-39(4,21-23-55-6)30-26-28(58(49,50)51)15-17-32(30)41-42(34)22-9-7-8-14-36(44)45/h10,12-13,15-18,26-27H,7-9,11,14,19-25H2,1-6H3,(H,44,45)(H,46,47,48)(H,49,50,51)(H,52,53,54)/q-1/p-3/b12-10+,35-13+. The van der Waals surface area contributed by atoms with Crippen LogP contribution in [0.1, 0.15) is 90.2 Å². The average molecular weight is 1110 g/mol. The van der Waals surface area contributed by atoms with Gasteiger partial charge in [0.15, 0.2) is 0 Å². The number of carboxylic acid groups (broad SMARTS) is 1. The molecule has 59 heavy (non-hydrogen) atoms. The number of rotatable bonds is 22. The molecule has 0 saturated heterocycles. The fourth-order valence-electron chi connectivity index (χ4n) is 7.72. The molecular weight excluding hydrogens is 1050 g/mol. The Balaban J connectivity index is 1.98. The fourth-order valence-corrected chi connectivity index (χ4v) is 13.4. The van der Waals surface area contributed by atoms with Crippen molar-refractivity contribution in [3.05, 3.63) is 75.0 Å². The molecule has 2 atom stereocenters. The van der Waals surface area contributed by atoms with Gasteiger partial charge in [-0.2, -0.15) is 0 Å². The Hall–Kier alpha value is -2.03. The number of nitrogens with zero attached hydrogens (tertiary/aromatic N) is 2. The van der Waals surface area contributed by atoms with Crippen LogP contribution in [0, 0.1) is 3.57 Å². The summed E-state index contributed by atoms with van der Waals surface area (Å²) in [5, 5.41) is 9.19. The SMILES string of the molecule is COCCC1(C)C(/C=C/C=C2/N(C(C)(C)CCO[I-]C)c3ccc(S(=O)(=O)[O-])cc3C2(C)CCCS(=O)(=O)[O-])=[N+](CCCCCC(=O)O)[I-]c2ccc(S(=O)(=O)[O-])cc21. The van der Waals surface area contributed by atoms with E-state index in [4.69, 9.17) is 7.80 Å². The zero-order chi connectivity index (χ0) is 44.0. The second kappa shape index (κ2) is 20.0. The van der Waals surface area contributed by atoms with Gasteiger partial charge >= 0.3 is 373 Å². The first-order valence-electron chi connectivity index (χ1n) is 18.8. The van der Waals surface area contributed by atoms with Crippen molar-refractivity contribution in [2.75, 3.05) is 42.5 Å². The van der Waals surface area contributed by atoms with E-state index in [2.05, 4.69) is 7.69 Å². The minimum absolute atomic E-state index is 0.0447. The molecule has 2 aromatic carbocycles. The van der Waals surface area contributed by atoms with Crippen molar-refractivity contribution < 1.29 is 103 Å². The van der Waals surface area contributed by atoms with Gasteiger partial charge in [0.2, 0.25) is 0 Å². The number of allylic oxidation sites excluding steroid dienone is 4. The number of carbonyl (C=O) groups is 1. The number of fused-ring (bicyclic) bond motifs is 2. The Morgan fingerprint density at radius 1 is 0.915 bits per heavy atom. The van der Waals surface area contributed by atoms with Gasteiger partial charge in [-0.25, -0.2) is 0 Å². The maximum atomic E-state index is 12.3. The molecule has 1 N–H and O–H groups in total. The second-order valence-corrected chi connectivity index (χ2v) is 24.1. The van der Waals surface area contributed by atoms with Gasteiger partial charge in [0, 0.05) is 0 Å². The van der Waals surface area contributed by atoms with Gasteiger partial charge < -0.3 is 0 Å². The molecule has 0 radical (unpaired) electrons. The molecule has 15 nitrogen and oxygen atoms in total. The molecule has 2 aliphatic heterocycles. The number of methoxy groups -OCH3 is 1. The van der Waals surface area contributed by atoms with Crippen LogP contribution in [0.2, 0.25) is 0 Å². The fraction of sp³-hybridized carbons (Fsp3) is 0.538. The average Bonchev–Trinajstić information content (AvgIpc) is 3.37. The molecule has 0 saturated carbocycles.